The number of carbonyl (C=O) groups is 1. The molecule has 3 rings (SSSR count). The zero-order chi connectivity index (χ0) is 15.5. The van der Waals surface area contributed by atoms with Crippen LogP contribution in [-0.2, 0) is 7.05 Å². The molecule has 0 amide bonds. The van der Waals surface area contributed by atoms with E-state index in [1.54, 1.807) is 0 Å². The molecule has 0 aliphatic rings. The van der Waals surface area contributed by atoms with Gasteiger partial charge in [-0.05, 0) is 22.6 Å². The van der Waals surface area contributed by atoms with Gasteiger partial charge in [-0.15, -0.1) is 5.10 Å². The molecule has 0 spiro atoms. The van der Waals surface area contributed by atoms with Crippen LogP contribution in [0.25, 0.3) is 5.69 Å². The summed E-state index contributed by atoms with van der Waals surface area (Å²) in [5.41, 5.74) is 0.675. The molecule has 10 heteroatoms. The van der Waals surface area contributed by atoms with Gasteiger partial charge in [-0.3, -0.25) is 4.79 Å². The minimum Gasteiger partial charge on any atom is -0.539 e. The van der Waals surface area contributed by atoms with Gasteiger partial charge >= 0.3 is 0 Å². The van der Waals surface area contributed by atoms with Crippen LogP contribution in [0.2, 0.25) is 0 Å². The summed E-state index contributed by atoms with van der Waals surface area (Å²) in [6.07, 6.45) is 0. The summed E-state index contributed by atoms with van der Waals surface area (Å²) >= 11 is 1.13. The molecule has 0 unspecified atom stereocenters. The number of nitrogens with zero attached hydrogens (tertiary/aromatic N) is 6. The van der Waals surface area contributed by atoms with Crippen molar-refractivity contribution < 1.29 is 19.1 Å². The van der Waals surface area contributed by atoms with Crippen molar-refractivity contribution in [1.29, 1.82) is 0 Å². The van der Waals surface area contributed by atoms with E-state index in [4.69, 9.17) is 0 Å². The van der Waals surface area contributed by atoms with Crippen molar-refractivity contribution in [2.24, 2.45) is 7.05 Å². The van der Waals surface area contributed by atoms with Crippen LogP contribution >= 0.6 is 11.8 Å². The van der Waals surface area contributed by atoms with Gasteiger partial charge in [0.05, 0.1) is 16.7 Å². The highest BCUT2D eigenvalue weighted by Crippen LogP contribution is 2.19. The van der Waals surface area contributed by atoms with E-state index in [2.05, 4.69) is 25.3 Å². The molecule has 9 nitrogen and oxygen atoms in total. The quantitative estimate of drug-likeness (QED) is 0.352. The molecule has 112 valence electrons. The number of benzene rings is 1. The standard InChI is InChI=1S/C12H10N6O3S/c1-17-10(11(20)21-16-17)9(19)7-22-12-13-14-15-18(12)8-5-3-2-4-6-8/h2-6H,7H2,1H3. The van der Waals surface area contributed by atoms with E-state index in [-0.39, 0.29) is 11.4 Å². The molecule has 0 radical (unpaired) electrons. The van der Waals surface area contributed by atoms with E-state index in [1.807, 2.05) is 30.3 Å². The van der Waals surface area contributed by atoms with E-state index in [1.165, 1.54) is 11.7 Å². The molecular formula is C12H10N6O3S. The van der Waals surface area contributed by atoms with Crippen molar-refractivity contribution in [3.8, 4) is 11.6 Å². The fourth-order valence-electron chi connectivity index (χ4n) is 1.81. The maximum Gasteiger partial charge on any atom is 0.300 e. The molecule has 0 fully saturated rings. The molecule has 0 bridgehead atoms. The highest BCUT2D eigenvalue weighted by molar-refractivity contribution is 7.99. The summed E-state index contributed by atoms with van der Waals surface area (Å²) in [6.45, 7) is 0. The Kier molecular flexibility index (Phi) is 3.83. The summed E-state index contributed by atoms with van der Waals surface area (Å²) < 4.78 is 7.06. The van der Waals surface area contributed by atoms with Gasteiger partial charge in [0.1, 0.15) is 0 Å². The van der Waals surface area contributed by atoms with Crippen LogP contribution in [-0.4, -0.2) is 37.0 Å². The first-order valence-corrected chi connectivity index (χ1v) is 7.18. The second-order valence-electron chi connectivity index (χ2n) is 4.25. The predicted molar refractivity (Wildman–Crippen MR) is 71.3 cm³/mol. The lowest BCUT2D eigenvalue weighted by molar-refractivity contribution is -0.741. The number of ketones is 1. The number of Topliss-reactive ketones (excluding diaryl/α,β-unsaturated/α-hetero) is 1. The average molecular weight is 318 g/mol. The van der Waals surface area contributed by atoms with Crippen molar-refractivity contribution in [2.45, 2.75) is 5.16 Å². The zero-order valence-electron chi connectivity index (χ0n) is 11.4. The predicted octanol–water partition coefficient (Wildman–Crippen LogP) is -0.477. The number of tetrazole rings is 1. The molecule has 22 heavy (non-hydrogen) atoms. The van der Waals surface area contributed by atoms with Crippen molar-refractivity contribution in [2.75, 3.05) is 5.75 Å². The van der Waals surface area contributed by atoms with Gasteiger partial charge in [-0.1, -0.05) is 34.6 Å². The summed E-state index contributed by atoms with van der Waals surface area (Å²) in [4.78, 5) is 12.1. The smallest absolute Gasteiger partial charge is 0.300 e. The molecule has 0 aliphatic carbocycles. The number of para-hydroxylation sites is 1. The molecule has 2 heterocycles. The Morgan fingerprint density at radius 1 is 1.41 bits per heavy atom. The van der Waals surface area contributed by atoms with E-state index >= 15 is 0 Å². The lowest BCUT2D eigenvalue weighted by Crippen LogP contribution is -2.37. The van der Waals surface area contributed by atoms with Gasteiger partial charge in [-0.2, -0.15) is 4.68 Å². The van der Waals surface area contributed by atoms with E-state index in [9.17, 15) is 9.90 Å². The fraction of sp³-hybridized carbons (Fsp3) is 0.167. The highest BCUT2D eigenvalue weighted by Gasteiger charge is 2.23. The number of rotatable bonds is 5. The van der Waals surface area contributed by atoms with Crippen molar-refractivity contribution in [3.05, 3.63) is 36.0 Å². The molecule has 0 N–H and O–H groups in total. The van der Waals surface area contributed by atoms with Gasteiger partial charge in [0.15, 0.2) is 13.0 Å². The van der Waals surface area contributed by atoms with Crippen molar-refractivity contribution in [1.82, 2.24) is 25.5 Å². The third-order valence-corrected chi connectivity index (χ3v) is 3.72. The summed E-state index contributed by atoms with van der Waals surface area (Å²) in [7, 11) is 1.47. The number of carbonyl (C=O) groups excluding carboxylic acids is 1. The van der Waals surface area contributed by atoms with Crippen molar-refractivity contribution in [3.63, 3.8) is 0 Å². The number of hydrogen-bond acceptors (Lipinski definition) is 8. The lowest BCUT2D eigenvalue weighted by Gasteiger charge is -2.02. The van der Waals surface area contributed by atoms with Gasteiger partial charge in [-0.25, -0.2) is 0 Å². The molecule has 3 aromatic rings. The van der Waals surface area contributed by atoms with E-state index in [0.29, 0.717) is 5.16 Å². The Morgan fingerprint density at radius 3 is 2.86 bits per heavy atom. The van der Waals surface area contributed by atoms with Gasteiger partial charge in [0, 0.05) is 0 Å². The van der Waals surface area contributed by atoms with E-state index in [0.717, 1.165) is 22.1 Å². The summed E-state index contributed by atoms with van der Waals surface area (Å²) in [6, 6.07) is 9.29. The van der Waals surface area contributed by atoms with Crippen molar-refractivity contribution >= 4 is 17.5 Å². The minimum atomic E-state index is -0.754. The molecule has 2 aromatic heterocycles. The monoisotopic (exact) mass is 318 g/mol. The largest absolute Gasteiger partial charge is 0.539 e. The van der Waals surface area contributed by atoms with Crippen LogP contribution in [0.4, 0.5) is 0 Å². The maximum atomic E-state index is 12.1. The topological polar surface area (TPSA) is 114 Å². The normalized spacial score (nSPS) is 10.8. The zero-order valence-corrected chi connectivity index (χ0v) is 12.2. The van der Waals surface area contributed by atoms with Crippen LogP contribution in [0.15, 0.2) is 40.0 Å². The van der Waals surface area contributed by atoms with Crippen LogP contribution in [0.3, 0.4) is 0 Å². The van der Waals surface area contributed by atoms with Crippen LogP contribution in [0.1, 0.15) is 10.5 Å². The number of aromatic nitrogens is 6. The fourth-order valence-corrected chi connectivity index (χ4v) is 2.56. The third kappa shape index (κ3) is 2.68. The Bertz CT molecular complexity index is 781. The Morgan fingerprint density at radius 2 is 2.18 bits per heavy atom. The SMILES string of the molecule is C[n+]1noc([O-])c1C(=O)CSc1nnnn1-c1ccccc1. The number of thioether (sulfide) groups is 1. The van der Waals surface area contributed by atoms with Gasteiger partial charge in [0.25, 0.3) is 5.69 Å². The second-order valence-corrected chi connectivity index (χ2v) is 5.20. The highest BCUT2D eigenvalue weighted by atomic mass is 32.2. The first-order valence-electron chi connectivity index (χ1n) is 6.19. The third-order valence-electron chi connectivity index (χ3n) is 2.80. The Labute approximate surface area is 128 Å². The molecule has 0 saturated carbocycles. The van der Waals surface area contributed by atoms with Crippen LogP contribution < -0.4 is 9.79 Å². The Balaban J connectivity index is 1.76. The first-order chi connectivity index (χ1) is 10.7. The molecule has 0 atom stereocenters. The lowest BCUT2D eigenvalue weighted by atomic mass is 10.3. The Hall–Kier alpha value is -2.75. The molecule has 1 aromatic carbocycles. The van der Waals surface area contributed by atoms with Crippen LogP contribution in [0, 0.1) is 0 Å². The first kappa shape index (κ1) is 14.2. The molecule has 0 saturated heterocycles. The second kappa shape index (κ2) is 5.93. The molecular weight excluding hydrogens is 308 g/mol. The maximum absolute atomic E-state index is 12.1. The van der Waals surface area contributed by atoms with Gasteiger partial charge in [0.2, 0.25) is 10.9 Å². The molecule has 0 aliphatic heterocycles. The summed E-state index contributed by atoms with van der Waals surface area (Å²) in [5, 5.41) is 26.6. The number of aryl methyl sites for hydroxylation is 1. The van der Waals surface area contributed by atoms with Crippen LogP contribution in [0.5, 0.6) is 5.95 Å². The van der Waals surface area contributed by atoms with Gasteiger partial charge < -0.3 is 9.63 Å². The van der Waals surface area contributed by atoms with E-state index < -0.39 is 11.7 Å². The average Bonchev–Trinajstić information content (AvgIpc) is 3.12. The number of hydrogen-bond donors (Lipinski definition) is 0. The minimum absolute atomic E-state index is 0.00248. The summed E-state index contributed by atoms with van der Waals surface area (Å²) in [5.74, 6) is -1.16.